The van der Waals surface area contributed by atoms with E-state index < -0.39 is 0 Å². The first kappa shape index (κ1) is 10.1. The molecule has 0 aliphatic heterocycles. The van der Waals surface area contributed by atoms with Crippen LogP contribution < -0.4 is 5.73 Å². The third kappa shape index (κ3) is 2.23. The molecule has 1 heterocycles. The van der Waals surface area contributed by atoms with Crippen LogP contribution in [0.3, 0.4) is 0 Å². The van der Waals surface area contributed by atoms with Gasteiger partial charge >= 0.3 is 0 Å². The topological polar surface area (TPSA) is 26.0 Å². The van der Waals surface area contributed by atoms with Gasteiger partial charge in [0, 0.05) is 4.88 Å². The second-order valence-electron chi connectivity index (χ2n) is 2.57. The largest absolute Gasteiger partial charge is 0.391 e. The van der Waals surface area contributed by atoms with Crippen molar-refractivity contribution in [2.75, 3.05) is 5.73 Å². The lowest BCUT2D eigenvalue weighted by Crippen LogP contribution is -1.72. The fraction of sp³-hybridized carbons (Fsp3) is 0. The molecule has 1 nitrogen and oxygen atoms in total. The smallest absolute Gasteiger partial charge is 0.0862 e. The number of hydrogen-bond acceptors (Lipinski definition) is 2. The van der Waals surface area contributed by atoms with Crippen molar-refractivity contribution in [3.8, 4) is 10.4 Å². The monoisotopic (exact) mass is 211 g/mol. The molecule has 1 aromatic carbocycles. The van der Waals surface area contributed by atoms with E-state index in [2.05, 4.69) is 18.2 Å². The lowest BCUT2D eigenvalue weighted by atomic mass is 10.2. The summed E-state index contributed by atoms with van der Waals surface area (Å²) in [6.07, 6.45) is 0. The highest BCUT2D eigenvalue weighted by molar-refractivity contribution is 7.19. The van der Waals surface area contributed by atoms with Crippen LogP contribution in [0, 0.1) is 0 Å². The van der Waals surface area contributed by atoms with E-state index in [9.17, 15) is 0 Å². The maximum atomic E-state index is 5.63. The van der Waals surface area contributed by atoms with Gasteiger partial charge in [-0.1, -0.05) is 30.3 Å². The number of nitrogen functional groups attached to an aromatic ring is 1. The van der Waals surface area contributed by atoms with Gasteiger partial charge < -0.3 is 5.73 Å². The van der Waals surface area contributed by atoms with Crippen LogP contribution in [0.4, 0.5) is 5.00 Å². The van der Waals surface area contributed by atoms with E-state index >= 15 is 0 Å². The summed E-state index contributed by atoms with van der Waals surface area (Å²) in [5, 5.41) is 0.869. The van der Waals surface area contributed by atoms with Crippen LogP contribution >= 0.6 is 23.7 Å². The maximum Gasteiger partial charge on any atom is 0.0862 e. The van der Waals surface area contributed by atoms with Gasteiger partial charge in [0.15, 0.2) is 0 Å². The molecule has 13 heavy (non-hydrogen) atoms. The van der Waals surface area contributed by atoms with Crippen LogP contribution in [-0.2, 0) is 0 Å². The van der Waals surface area contributed by atoms with Gasteiger partial charge in [-0.25, -0.2) is 0 Å². The molecule has 0 amide bonds. The molecule has 0 saturated heterocycles. The standard InChI is InChI=1S/C10H9NS.ClH/c11-10-7-6-9(12-10)8-4-2-1-3-5-8;/h1-7H,11H2;1H. The third-order valence-electron chi connectivity index (χ3n) is 1.69. The molecule has 0 saturated carbocycles. The molecule has 0 bridgehead atoms. The number of hydrogen-bond donors (Lipinski definition) is 1. The molecule has 1 aromatic heterocycles. The van der Waals surface area contributed by atoms with Crippen LogP contribution in [0.25, 0.3) is 10.4 Å². The van der Waals surface area contributed by atoms with Crippen LogP contribution in [-0.4, -0.2) is 0 Å². The van der Waals surface area contributed by atoms with Crippen molar-refractivity contribution >= 4 is 28.7 Å². The summed E-state index contributed by atoms with van der Waals surface area (Å²) >= 11 is 1.62. The van der Waals surface area contributed by atoms with E-state index in [4.69, 9.17) is 5.73 Å². The molecule has 0 atom stereocenters. The predicted molar refractivity (Wildman–Crippen MR) is 61.4 cm³/mol. The summed E-state index contributed by atoms with van der Waals surface area (Å²) in [6, 6.07) is 14.2. The molecule has 0 radical (unpaired) electrons. The Morgan fingerprint density at radius 2 is 1.62 bits per heavy atom. The fourth-order valence-electron chi connectivity index (χ4n) is 1.11. The van der Waals surface area contributed by atoms with Crippen molar-refractivity contribution in [2.24, 2.45) is 0 Å². The minimum Gasteiger partial charge on any atom is -0.391 e. The van der Waals surface area contributed by atoms with Crippen molar-refractivity contribution in [3.05, 3.63) is 42.5 Å². The SMILES string of the molecule is Cl.Nc1ccc(-c2ccccc2)s1. The molecule has 2 rings (SSSR count). The molecule has 0 aliphatic carbocycles. The second kappa shape index (κ2) is 4.30. The Morgan fingerprint density at radius 1 is 0.923 bits per heavy atom. The Bertz CT molecular complexity index is 369. The average Bonchev–Trinajstić information content (AvgIpc) is 2.54. The van der Waals surface area contributed by atoms with Gasteiger partial charge in [-0.15, -0.1) is 23.7 Å². The van der Waals surface area contributed by atoms with E-state index in [0.29, 0.717) is 0 Å². The van der Waals surface area contributed by atoms with E-state index in [0.717, 1.165) is 5.00 Å². The first-order chi connectivity index (χ1) is 5.86. The summed E-state index contributed by atoms with van der Waals surface area (Å²) in [5.41, 5.74) is 6.87. The molecule has 0 fully saturated rings. The van der Waals surface area contributed by atoms with Crippen LogP contribution in [0.5, 0.6) is 0 Å². The van der Waals surface area contributed by atoms with Gasteiger partial charge in [0.1, 0.15) is 0 Å². The van der Waals surface area contributed by atoms with E-state index in [-0.39, 0.29) is 12.4 Å². The number of benzene rings is 1. The maximum absolute atomic E-state index is 5.63. The molecule has 68 valence electrons. The molecule has 3 heteroatoms. The zero-order valence-electron chi connectivity index (χ0n) is 6.94. The Labute approximate surface area is 87.6 Å². The Morgan fingerprint density at radius 3 is 2.15 bits per heavy atom. The minimum absolute atomic E-state index is 0. The summed E-state index contributed by atoms with van der Waals surface area (Å²) < 4.78 is 0. The Kier molecular flexibility index (Phi) is 3.34. The Hall–Kier alpha value is -0.990. The van der Waals surface area contributed by atoms with Crippen molar-refractivity contribution in [2.45, 2.75) is 0 Å². The average molecular weight is 212 g/mol. The van der Waals surface area contributed by atoms with Crippen molar-refractivity contribution in [1.82, 2.24) is 0 Å². The number of nitrogens with two attached hydrogens (primary N) is 1. The van der Waals surface area contributed by atoms with Gasteiger partial charge in [-0.05, 0) is 17.7 Å². The van der Waals surface area contributed by atoms with Gasteiger partial charge in [0.2, 0.25) is 0 Å². The normalized spacial score (nSPS) is 9.23. The van der Waals surface area contributed by atoms with Crippen LogP contribution in [0.1, 0.15) is 0 Å². The van der Waals surface area contributed by atoms with Crippen molar-refractivity contribution in [3.63, 3.8) is 0 Å². The number of rotatable bonds is 1. The summed E-state index contributed by atoms with van der Waals surface area (Å²) in [5.74, 6) is 0. The molecule has 0 aliphatic rings. The third-order valence-corrected chi connectivity index (χ3v) is 2.65. The zero-order valence-corrected chi connectivity index (χ0v) is 8.57. The summed E-state index contributed by atoms with van der Waals surface area (Å²) in [4.78, 5) is 1.23. The molecular formula is C10H10ClNS. The van der Waals surface area contributed by atoms with E-state index in [1.807, 2.05) is 24.3 Å². The van der Waals surface area contributed by atoms with Crippen LogP contribution in [0.15, 0.2) is 42.5 Å². The van der Waals surface area contributed by atoms with E-state index in [1.54, 1.807) is 11.3 Å². The fourth-order valence-corrected chi connectivity index (χ4v) is 1.89. The zero-order chi connectivity index (χ0) is 8.39. The Balaban J connectivity index is 0.000000845. The number of anilines is 1. The molecule has 2 N–H and O–H groups in total. The van der Waals surface area contributed by atoms with Gasteiger partial charge in [-0.2, -0.15) is 0 Å². The lowest BCUT2D eigenvalue weighted by Gasteiger charge is -1.93. The first-order valence-corrected chi connectivity index (χ1v) is 4.58. The van der Waals surface area contributed by atoms with Crippen molar-refractivity contribution in [1.29, 1.82) is 0 Å². The number of thiophene rings is 1. The quantitative estimate of drug-likeness (QED) is 0.769. The number of halogens is 1. The van der Waals surface area contributed by atoms with Crippen LogP contribution in [0.2, 0.25) is 0 Å². The van der Waals surface area contributed by atoms with Gasteiger partial charge in [0.05, 0.1) is 5.00 Å². The predicted octanol–water partition coefficient (Wildman–Crippen LogP) is 3.42. The highest BCUT2D eigenvalue weighted by atomic mass is 35.5. The molecule has 0 spiro atoms. The first-order valence-electron chi connectivity index (χ1n) is 3.77. The van der Waals surface area contributed by atoms with Crippen molar-refractivity contribution < 1.29 is 0 Å². The highest BCUT2D eigenvalue weighted by Crippen LogP contribution is 2.28. The summed E-state index contributed by atoms with van der Waals surface area (Å²) in [7, 11) is 0. The highest BCUT2D eigenvalue weighted by Gasteiger charge is 1.98. The lowest BCUT2D eigenvalue weighted by molar-refractivity contribution is 1.70. The molecular weight excluding hydrogens is 202 g/mol. The van der Waals surface area contributed by atoms with E-state index in [1.165, 1.54) is 10.4 Å². The second-order valence-corrected chi connectivity index (χ2v) is 3.68. The molecule has 0 unspecified atom stereocenters. The minimum atomic E-state index is 0. The van der Waals surface area contributed by atoms with Gasteiger partial charge in [-0.3, -0.25) is 0 Å². The summed E-state index contributed by atoms with van der Waals surface area (Å²) in [6.45, 7) is 0. The van der Waals surface area contributed by atoms with Gasteiger partial charge in [0.25, 0.3) is 0 Å². The molecule has 2 aromatic rings.